The lowest BCUT2D eigenvalue weighted by molar-refractivity contribution is -0.887. The van der Waals surface area contributed by atoms with E-state index in [9.17, 15) is 19.5 Å². The molecule has 0 saturated heterocycles. The van der Waals surface area contributed by atoms with Crippen LogP contribution >= 0.6 is 0 Å². The molecule has 0 aliphatic rings. The Kier molecular flexibility index (Phi) is 33.0. The molecule has 0 aromatic heterocycles. The topological polar surface area (TPSA) is 99.1 Å². The predicted octanol–water partition coefficient (Wildman–Crippen LogP) is 10.7. The molecule has 0 aromatic carbocycles. The average Bonchev–Trinajstić information content (AvgIpc) is 3.08. The molecular formula is C43H78NO7+. The standard InChI is InChI=1S/C43H77NO7/c1-6-8-10-12-14-16-18-19-20-21-22-24-26-28-30-32-34-42(46)51-39(37-49-36-35-40(43(47)48)44(3,4)5)38-50-41(45)33-31-29-27-25-23-17-15-13-11-9-7-2/h8,10,14,16,19-20,39-40H,6-7,9,11-13,15,17-18,21-38H2,1-5H3/p+1/b10-8+,16-14+,20-19+. The Morgan fingerprint density at radius 3 is 1.63 bits per heavy atom. The Morgan fingerprint density at radius 1 is 0.608 bits per heavy atom. The lowest BCUT2D eigenvalue weighted by atomic mass is 10.1. The fraction of sp³-hybridized carbons (Fsp3) is 0.791. The minimum atomic E-state index is -0.878. The maximum atomic E-state index is 12.7. The molecule has 8 heteroatoms. The van der Waals surface area contributed by atoms with Crippen molar-refractivity contribution >= 4 is 17.9 Å². The van der Waals surface area contributed by atoms with Crippen LogP contribution in [0.25, 0.3) is 0 Å². The molecule has 0 fully saturated rings. The van der Waals surface area contributed by atoms with Crippen LogP contribution in [0.5, 0.6) is 0 Å². The Bertz CT molecular complexity index is 937. The summed E-state index contributed by atoms with van der Waals surface area (Å²) >= 11 is 0. The summed E-state index contributed by atoms with van der Waals surface area (Å²) in [6, 6.07) is -0.614. The van der Waals surface area contributed by atoms with Crippen LogP contribution < -0.4 is 0 Å². The van der Waals surface area contributed by atoms with Crippen molar-refractivity contribution in [3.63, 3.8) is 0 Å². The van der Waals surface area contributed by atoms with Gasteiger partial charge in [0.15, 0.2) is 12.1 Å². The lowest BCUT2D eigenvalue weighted by Gasteiger charge is -2.31. The zero-order valence-corrected chi connectivity index (χ0v) is 33.6. The number of hydrogen-bond acceptors (Lipinski definition) is 6. The summed E-state index contributed by atoms with van der Waals surface area (Å²) in [4.78, 5) is 36.8. The van der Waals surface area contributed by atoms with Crippen LogP contribution in [-0.2, 0) is 28.6 Å². The van der Waals surface area contributed by atoms with E-state index in [0.717, 1.165) is 70.6 Å². The first-order valence-electron chi connectivity index (χ1n) is 20.5. The molecule has 0 aliphatic carbocycles. The second-order valence-corrected chi connectivity index (χ2v) is 14.9. The lowest BCUT2D eigenvalue weighted by Crippen LogP contribution is -2.50. The molecule has 0 heterocycles. The predicted molar refractivity (Wildman–Crippen MR) is 211 cm³/mol. The Balaban J connectivity index is 4.40. The summed E-state index contributed by atoms with van der Waals surface area (Å²) in [5.41, 5.74) is 0. The van der Waals surface area contributed by atoms with Gasteiger partial charge in [-0.2, -0.15) is 0 Å². The molecule has 296 valence electrons. The first-order chi connectivity index (χ1) is 24.6. The highest BCUT2D eigenvalue weighted by Crippen LogP contribution is 2.14. The van der Waals surface area contributed by atoms with E-state index in [-0.39, 0.29) is 36.2 Å². The maximum Gasteiger partial charge on any atom is 0.362 e. The molecule has 8 nitrogen and oxygen atoms in total. The van der Waals surface area contributed by atoms with Crippen LogP contribution in [0, 0.1) is 0 Å². The zero-order valence-electron chi connectivity index (χ0n) is 33.6. The third kappa shape index (κ3) is 33.2. The zero-order chi connectivity index (χ0) is 37.8. The Morgan fingerprint density at radius 2 is 1.10 bits per heavy atom. The summed E-state index contributed by atoms with van der Waals surface area (Å²) < 4.78 is 17.2. The number of nitrogens with zero attached hydrogens (tertiary/aromatic N) is 1. The number of likely N-dealkylation sites (N-methyl/N-ethyl adjacent to an activating group) is 1. The highest BCUT2D eigenvalue weighted by atomic mass is 16.6. The minimum Gasteiger partial charge on any atom is -0.477 e. The van der Waals surface area contributed by atoms with E-state index in [1.807, 2.05) is 21.1 Å². The minimum absolute atomic E-state index is 0.0542. The molecule has 0 aromatic rings. The van der Waals surface area contributed by atoms with Gasteiger partial charge < -0.3 is 23.8 Å². The number of allylic oxidation sites excluding steroid dienone is 6. The van der Waals surface area contributed by atoms with Crippen molar-refractivity contribution in [2.75, 3.05) is 41.0 Å². The number of ether oxygens (including phenoxy) is 3. The molecule has 2 unspecified atom stereocenters. The largest absolute Gasteiger partial charge is 0.477 e. The van der Waals surface area contributed by atoms with Gasteiger partial charge in [-0.1, -0.05) is 140 Å². The van der Waals surface area contributed by atoms with Crippen molar-refractivity contribution in [2.24, 2.45) is 0 Å². The van der Waals surface area contributed by atoms with Crippen molar-refractivity contribution in [3.8, 4) is 0 Å². The summed E-state index contributed by atoms with van der Waals surface area (Å²) in [5, 5.41) is 9.59. The Hall–Kier alpha value is -2.45. The normalized spacial score (nSPS) is 13.4. The summed E-state index contributed by atoms with van der Waals surface area (Å²) in [7, 11) is 5.51. The van der Waals surface area contributed by atoms with Crippen molar-refractivity contribution < 1.29 is 38.2 Å². The molecule has 51 heavy (non-hydrogen) atoms. The molecular weight excluding hydrogens is 642 g/mol. The van der Waals surface area contributed by atoms with Gasteiger partial charge in [-0.05, 0) is 44.9 Å². The summed E-state index contributed by atoms with van der Waals surface area (Å²) in [5.74, 6) is -1.48. The molecule has 0 aliphatic heterocycles. The van der Waals surface area contributed by atoms with Crippen molar-refractivity contribution in [1.82, 2.24) is 0 Å². The molecule has 0 rings (SSSR count). The maximum absolute atomic E-state index is 12.7. The van der Waals surface area contributed by atoms with E-state index in [4.69, 9.17) is 14.2 Å². The van der Waals surface area contributed by atoms with Crippen LogP contribution in [0.4, 0.5) is 0 Å². The second-order valence-electron chi connectivity index (χ2n) is 14.9. The third-order valence-corrected chi connectivity index (χ3v) is 9.05. The molecule has 0 bridgehead atoms. The monoisotopic (exact) mass is 721 g/mol. The van der Waals surface area contributed by atoms with Gasteiger partial charge in [0.05, 0.1) is 34.4 Å². The summed E-state index contributed by atoms with van der Waals surface area (Å²) in [6.45, 7) is 4.60. The van der Waals surface area contributed by atoms with Crippen LogP contribution in [0.3, 0.4) is 0 Å². The fourth-order valence-corrected chi connectivity index (χ4v) is 5.87. The number of carboxylic acids is 1. The molecule has 2 atom stereocenters. The van der Waals surface area contributed by atoms with Gasteiger partial charge in [0, 0.05) is 19.3 Å². The number of hydrogen-bond donors (Lipinski definition) is 1. The average molecular weight is 721 g/mol. The van der Waals surface area contributed by atoms with E-state index in [0.29, 0.717) is 19.3 Å². The highest BCUT2D eigenvalue weighted by Gasteiger charge is 2.31. The smallest absolute Gasteiger partial charge is 0.362 e. The quantitative estimate of drug-likeness (QED) is 0.0298. The summed E-state index contributed by atoms with van der Waals surface area (Å²) in [6.07, 6.45) is 37.5. The molecule has 0 amide bonds. The van der Waals surface area contributed by atoms with Gasteiger partial charge in [0.25, 0.3) is 0 Å². The van der Waals surface area contributed by atoms with E-state index >= 15 is 0 Å². The van der Waals surface area contributed by atoms with E-state index in [1.165, 1.54) is 64.2 Å². The van der Waals surface area contributed by atoms with Crippen molar-refractivity contribution in [3.05, 3.63) is 36.5 Å². The number of quaternary nitrogens is 1. The number of esters is 2. The van der Waals surface area contributed by atoms with Crippen LogP contribution in [-0.4, -0.2) is 80.6 Å². The third-order valence-electron chi connectivity index (χ3n) is 9.05. The molecule has 0 spiro atoms. The molecule has 0 radical (unpaired) electrons. The van der Waals surface area contributed by atoms with Crippen LogP contribution in [0.15, 0.2) is 36.5 Å². The highest BCUT2D eigenvalue weighted by molar-refractivity contribution is 5.72. The first kappa shape index (κ1) is 48.5. The van der Waals surface area contributed by atoms with Gasteiger partial charge in [-0.25, -0.2) is 4.79 Å². The Labute approximate surface area is 313 Å². The molecule has 1 N–H and O–H groups in total. The number of rotatable bonds is 36. The molecule has 0 saturated carbocycles. The van der Waals surface area contributed by atoms with Gasteiger partial charge in [-0.3, -0.25) is 9.59 Å². The fourth-order valence-electron chi connectivity index (χ4n) is 5.87. The SMILES string of the molecule is CC/C=C/C/C=C/C/C=C/CCCCCCCCC(=O)OC(COCCC(C(=O)O)[N+](C)(C)C)COC(=O)CCCCCCCCCCCCC. The second kappa shape index (κ2) is 34.6. The van der Waals surface area contributed by atoms with Gasteiger partial charge in [-0.15, -0.1) is 0 Å². The van der Waals surface area contributed by atoms with E-state index in [1.54, 1.807) is 0 Å². The van der Waals surface area contributed by atoms with Gasteiger partial charge in [0.2, 0.25) is 0 Å². The van der Waals surface area contributed by atoms with E-state index < -0.39 is 18.1 Å². The number of carbonyl (C=O) groups excluding carboxylic acids is 2. The van der Waals surface area contributed by atoms with Crippen molar-refractivity contribution in [2.45, 2.75) is 180 Å². The number of unbranched alkanes of at least 4 members (excludes halogenated alkanes) is 16. The number of aliphatic carboxylic acids is 1. The van der Waals surface area contributed by atoms with Gasteiger partial charge >= 0.3 is 17.9 Å². The van der Waals surface area contributed by atoms with Crippen LogP contribution in [0.1, 0.15) is 168 Å². The van der Waals surface area contributed by atoms with Gasteiger partial charge in [0.1, 0.15) is 6.61 Å². The van der Waals surface area contributed by atoms with E-state index in [2.05, 4.69) is 50.3 Å². The van der Waals surface area contributed by atoms with Crippen LogP contribution in [0.2, 0.25) is 0 Å². The first-order valence-corrected chi connectivity index (χ1v) is 20.5. The van der Waals surface area contributed by atoms with Crippen molar-refractivity contribution in [1.29, 1.82) is 0 Å². The number of carbonyl (C=O) groups is 3. The number of carboxylic acid groups (broad SMARTS) is 1.